The van der Waals surface area contributed by atoms with Gasteiger partial charge in [0.1, 0.15) is 0 Å². The molecule has 0 aromatic heterocycles. The van der Waals surface area contributed by atoms with Crippen molar-refractivity contribution < 1.29 is 14.3 Å². The average molecular weight is 484 g/mol. The van der Waals surface area contributed by atoms with Crippen molar-refractivity contribution in [2.75, 3.05) is 0 Å². The number of aliphatic imine (C=N–C) groups is 1. The summed E-state index contributed by atoms with van der Waals surface area (Å²) in [6, 6.07) is 7.38. The Labute approximate surface area is 171 Å². The summed E-state index contributed by atoms with van der Waals surface area (Å²) >= 11 is 3.71. The number of allylic oxidation sites excluding steroid dienone is 1. The molecule has 0 N–H and O–H groups in total. The fourth-order valence-electron chi connectivity index (χ4n) is 3.09. The number of amides is 1. The van der Waals surface area contributed by atoms with E-state index in [-0.39, 0.29) is 17.3 Å². The summed E-state index contributed by atoms with van der Waals surface area (Å²) in [5.74, 6) is -0.413. The van der Waals surface area contributed by atoms with E-state index in [0.717, 1.165) is 15.6 Å². The van der Waals surface area contributed by atoms with Crippen molar-refractivity contribution in [3.05, 3.63) is 44.7 Å². The maximum Gasteiger partial charge on any atom is 0.338 e. The average Bonchev–Trinajstić information content (AvgIpc) is 2.89. The van der Waals surface area contributed by atoms with E-state index in [2.05, 4.69) is 27.6 Å². The molecule has 2 atom stereocenters. The number of benzene rings is 1. The summed E-state index contributed by atoms with van der Waals surface area (Å²) in [7, 11) is 0. The second kappa shape index (κ2) is 7.72. The molecule has 0 aliphatic carbocycles. The highest BCUT2D eigenvalue weighted by Crippen LogP contribution is 2.44. The molecular formula is C19H21IN2O3S. The zero-order chi connectivity index (χ0) is 19.0. The van der Waals surface area contributed by atoms with Crippen LogP contribution in [0.5, 0.6) is 0 Å². The first-order valence-electron chi connectivity index (χ1n) is 8.59. The zero-order valence-electron chi connectivity index (χ0n) is 15.2. The summed E-state index contributed by atoms with van der Waals surface area (Å²) < 4.78 is 6.55. The van der Waals surface area contributed by atoms with Crippen LogP contribution in [0.4, 0.5) is 0 Å². The summed E-state index contributed by atoms with van der Waals surface area (Å²) in [5, 5.41) is 0.511. The topological polar surface area (TPSA) is 59.0 Å². The van der Waals surface area contributed by atoms with Crippen LogP contribution in [0, 0.1) is 3.57 Å². The van der Waals surface area contributed by atoms with E-state index in [1.54, 1.807) is 4.90 Å². The monoisotopic (exact) mass is 484 g/mol. The molecule has 7 heteroatoms. The number of hydrogen-bond donors (Lipinski definition) is 0. The number of halogens is 1. The van der Waals surface area contributed by atoms with Crippen LogP contribution in [0.1, 0.15) is 45.7 Å². The van der Waals surface area contributed by atoms with Crippen molar-refractivity contribution in [3.63, 3.8) is 0 Å². The standard InChI is InChI=1S/C19H21IN2O3S/c1-5-14-17(23)22-16(12-6-8-13(20)9-7-12)15(18(24)25-10(2)3)11(4)21-19(22)26-14/h6-10,14,16H,5H2,1-4H3. The van der Waals surface area contributed by atoms with Gasteiger partial charge in [0, 0.05) is 3.57 Å². The summed E-state index contributed by atoms with van der Waals surface area (Å²) in [5.41, 5.74) is 1.94. The molecule has 26 heavy (non-hydrogen) atoms. The van der Waals surface area contributed by atoms with Crippen LogP contribution in [0.3, 0.4) is 0 Å². The predicted octanol–water partition coefficient (Wildman–Crippen LogP) is 4.28. The van der Waals surface area contributed by atoms with Gasteiger partial charge in [0.05, 0.1) is 28.7 Å². The van der Waals surface area contributed by atoms with E-state index in [1.807, 2.05) is 52.0 Å². The second-order valence-corrected chi connectivity index (χ2v) is 8.94. The minimum atomic E-state index is -0.498. The normalized spacial score (nSPS) is 22.6. The van der Waals surface area contributed by atoms with Crippen LogP contribution in [0.15, 0.2) is 40.5 Å². The van der Waals surface area contributed by atoms with Crippen molar-refractivity contribution in [3.8, 4) is 0 Å². The number of esters is 1. The van der Waals surface area contributed by atoms with E-state index in [4.69, 9.17) is 4.74 Å². The minimum Gasteiger partial charge on any atom is -0.459 e. The van der Waals surface area contributed by atoms with Crippen LogP contribution in [0.25, 0.3) is 0 Å². The number of amidine groups is 1. The third kappa shape index (κ3) is 3.55. The molecule has 3 rings (SSSR count). The van der Waals surface area contributed by atoms with Gasteiger partial charge in [-0.1, -0.05) is 30.8 Å². The Balaban J connectivity index is 2.12. The Morgan fingerprint density at radius 2 is 2.00 bits per heavy atom. The van der Waals surface area contributed by atoms with E-state index in [1.165, 1.54) is 11.8 Å². The van der Waals surface area contributed by atoms with Crippen LogP contribution in [0.2, 0.25) is 0 Å². The van der Waals surface area contributed by atoms with Gasteiger partial charge in [0.25, 0.3) is 0 Å². The molecule has 0 bridgehead atoms. The van der Waals surface area contributed by atoms with E-state index < -0.39 is 12.0 Å². The fraction of sp³-hybridized carbons (Fsp3) is 0.421. The third-order valence-electron chi connectivity index (χ3n) is 4.27. The molecule has 5 nitrogen and oxygen atoms in total. The fourth-order valence-corrected chi connectivity index (χ4v) is 4.58. The number of hydrogen-bond acceptors (Lipinski definition) is 5. The molecule has 2 aliphatic heterocycles. The minimum absolute atomic E-state index is 0.00199. The second-order valence-electron chi connectivity index (χ2n) is 6.52. The van der Waals surface area contributed by atoms with Gasteiger partial charge in [0.15, 0.2) is 5.17 Å². The highest BCUT2D eigenvalue weighted by Gasteiger charge is 2.47. The molecule has 1 fully saturated rings. The lowest BCUT2D eigenvalue weighted by atomic mass is 9.94. The molecular weight excluding hydrogens is 463 g/mol. The Morgan fingerprint density at radius 1 is 1.35 bits per heavy atom. The number of thioether (sulfide) groups is 1. The van der Waals surface area contributed by atoms with Gasteiger partial charge < -0.3 is 4.74 Å². The number of ether oxygens (including phenoxy) is 1. The van der Waals surface area contributed by atoms with Crippen LogP contribution >= 0.6 is 34.4 Å². The SMILES string of the molecule is CCC1SC2=NC(C)=C(C(=O)OC(C)C)C(c3ccc(I)cc3)N2C1=O. The molecule has 1 amide bonds. The largest absolute Gasteiger partial charge is 0.459 e. The Kier molecular flexibility index (Phi) is 5.76. The zero-order valence-corrected chi connectivity index (χ0v) is 18.1. The first kappa shape index (κ1) is 19.4. The van der Waals surface area contributed by atoms with Crippen LogP contribution in [-0.4, -0.2) is 33.3 Å². The number of carbonyl (C=O) groups excluding carboxylic acids is 2. The van der Waals surface area contributed by atoms with Gasteiger partial charge in [-0.05, 0) is 67.5 Å². The van der Waals surface area contributed by atoms with Gasteiger partial charge in [-0.15, -0.1) is 0 Å². The molecule has 0 spiro atoms. The molecule has 0 radical (unpaired) electrons. The van der Waals surface area contributed by atoms with Crippen molar-refractivity contribution in [2.45, 2.75) is 51.5 Å². The summed E-state index contributed by atoms with van der Waals surface area (Å²) in [6.07, 6.45) is 0.487. The van der Waals surface area contributed by atoms with E-state index in [0.29, 0.717) is 16.4 Å². The smallest absolute Gasteiger partial charge is 0.338 e. The number of carbonyl (C=O) groups is 2. The van der Waals surface area contributed by atoms with Gasteiger partial charge >= 0.3 is 5.97 Å². The third-order valence-corrected chi connectivity index (χ3v) is 6.31. The molecule has 0 saturated carbocycles. The lowest BCUT2D eigenvalue weighted by molar-refractivity contribution is -0.143. The molecule has 138 valence electrons. The molecule has 2 unspecified atom stereocenters. The first-order chi connectivity index (χ1) is 12.3. The van der Waals surface area contributed by atoms with Gasteiger partial charge in [-0.3, -0.25) is 9.69 Å². The number of nitrogens with zero attached hydrogens (tertiary/aromatic N) is 2. The predicted molar refractivity (Wildman–Crippen MR) is 112 cm³/mol. The van der Waals surface area contributed by atoms with Crippen LogP contribution in [-0.2, 0) is 14.3 Å². The van der Waals surface area contributed by atoms with Crippen molar-refractivity contribution in [1.82, 2.24) is 4.90 Å². The molecule has 1 aromatic rings. The summed E-state index contributed by atoms with van der Waals surface area (Å²) in [6.45, 7) is 7.43. The Bertz CT molecular complexity index is 802. The maximum absolute atomic E-state index is 13.0. The van der Waals surface area contributed by atoms with Crippen molar-refractivity contribution in [1.29, 1.82) is 0 Å². The lowest BCUT2D eigenvalue weighted by Crippen LogP contribution is -2.41. The molecule has 1 saturated heterocycles. The molecule has 2 heterocycles. The highest BCUT2D eigenvalue weighted by molar-refractivity contribution is 14.1. The quantitative estimate of drug-likeness (QED) is 0.473. The van der Waals surface area contributed by atoms with Crippen molar-refractivity contribution in [2.24, 2.45) is 4.99 Å². The number of rotatable bonds is 4. The van der Waals surface area contributed by atoms with Gasteiger partial charge in [-0.25, -0.2) is 9.79 Å². The Hall–Kier alpha value is -1.35. The van der Waals surface area contributed by atoms with Gasteiger partial charge in [-0.2, -0.15) is 0 Å². The van der Waals surface area contributed by atoms with E-state index >= 15 is 0 Å². The summed E-state index contributed by atoms with van der Waals surface area (Å²) in [4.78, 5) is 32.0. The van der Waals surface area contributed by atoms with Crippen LogP contribution < -0.4 is 0 Å². The molecule has 1 aromatic carbocycles. The first-order valence-corrected chi connectivity index (χ1v) is 10.5. The van der Waals surface area contributed by atoms with E-state index in [9.17, 15) is 9.59 Å². The highest BCUT2D eigenvalue weighted by atomic mass is 127. The number of fused-ring (bicyclic) bond motifs is 1. The maximum atomic E-state index is 13.0. The lowest BCUT2D eigenvalue weighted by Gasteiger charge is -2.33. The Morgan fingerprint density at radius 3 is 2.58 bits per heavy atom. The molecule has 2 aliphatic rings. The van der Waals surface area contributed by atoms with Gasteiger partial charge in [0.2, 0.25) is 5.91 Å². The van der Waals surface area contributed by atoms with Crippen molar-refractivity contribution >= 4 is 51.4 Å².